The maximum absolute atomic E-state index is 12.5. The Morgan fingerprint density at radius 2 is 1.67 bits per heavy atom. The number of carbonyl (C=O) groups excluding carboxylic acids is 1. The molecule has 3 rings (SSSR count). The molecule has 0 aromatic heterocycles. The molecule has 0 bridgehead atoms. The van der Waals surface area contributed by atoms with Gasteiger partial charge < -0.3 is 0 Å². The van der Waals surface area contributed by atoms with Crippen molar-refractivity contribution < 1.29 is 4.79 Å². The van der Waals surface area contributed by atoms with Gasteiger partial charge in [-0.05, 0) is 49.2 Å². The third-order valence-corrected chi connectivity index (χ3v) is 4.14. The van der Waals surface area contributed by atoms with Crippen LogP contribution in [-0.2, 0) is 0 Å². The van der Waals surface area contributed by atoms with E-state index in [1.807, 2.05) is 63.2 Å². The summed E-state index contributed by atoms with van der Waals surface area (Å²) in [7, 11) is 0. The largest absolute Gasteiger partial charge is 0.272 e. The van der Waals surface area contributed by atoms with Crippen LogP contribution in [0.5, 0.6) is 0 Å². The monoisotopic (exact) mass is 316 g/mol. The molecule has 0 atom stereocenters. The van der Waals surface area contributed by atoms with Crippen LogP contribution in [0.15, 0.2) is 65.8 Å². The van der Waals surface area contributed by atoms with Gasteiger partial charge in [-0.2, -0.15) is 5.10 Å². The van der Waals surface area contributed by atoms with Gasteiger partial charge in [-0.1, -0.05) is 54.1 Å². The van der Waals surface area contributed by atoms with Gasteiger partial charge in [0, 0.05) is 11.1 Å². The van der Waals surface area contributed by atoms with Gasteiger partial charge >= 0.3 is 0 Å². The second-order valence-electron chi connectivity index (χ2n) is 5.98. The van der Waals surface area contributed by atoms with Crippen molar-refractivity contribution in [1.29, 1.82) is 0 Å². The van der Waals surface area contributed by atoms with E-state index in [2.05, 4.69) is 28.7 Å². The molecule has 0 fully saturated rings. The number of aryl methyl sites for hydroxylation is 2. The molecule has 3 aromatic rings. The number of nitrogens with zero attached hydrogens (tertiary/aromatic N) is 1. The standard InChI is InChI=1S/C21H20N2O/c1-14-11-12-15(2)20(13-14)16(3)22-23-21(24)19-10-6-8-17-7-4-5-9-18(17)19/h4-13H,1-3H3,(H,23,24)/b22-16-. The van der Waals surface area contributed by atoms with Crippen molar-refractivity contribution in [1.82, 2.24) is 5.43 Å². The van der Waals surface area contributed by atoms with E-state index in [0.717, 1.165) is 27.6 Å². The number of hydrogen-bond acceptors (Lipinski definition) is 2. The Labute approximate surface area is 142 Å². The molecule has 120 valence electrons. The molecule has 0 aliphatic rings. The zero-order valence-corrected chi connectivity index (χ0v) is 14.1. The van der Waals surface area contributed by atoms with Crippen molar-refractivity contribution in [3.05, 3.63) is 82.9 Å². The molecular formula is C21H20N2O. The van der Waals surface area contributed by atoms with Gasteiger partial charge in [0.2, 0.25) is 0 Å². The average molecular weight is 316 g/mol. The van der Waals surface area contributed by atoms with Gasteiger partial charge in [0.05, 0.1) is 5.71 Å². The Hall–Kier alpha value is -2.94. The third kappa shape index (κ3) is 3.20. The van der Waals surface area contributed by atoms with Crippen molar-refractivity contribution in [2.24, 2.45) is 5.10 Å². The fourth-order valence-corrected chi connectivity index (χ4v) is 2.80. The first kappa shape index (κ1) is 15.9. The molecule has 0 saturated carbocycles. The van der Waals surface area contributed by atoms with Gasteiger partial charge in [0.15, 0.2) is 0 Å². The van der Waals surface area contributed by atoms with Crippen LogP contribution in [0, 0.1) is 13.8 Å². The summed E-state index contributed by atoms with van der Waals surface area (Å²) in [5.74, 6) is -0.198. The highest BCUT2D eigenvalue weighted by Gasteiger charge is 2.09. The number of hydrazone groups is 1. The Balaban J connectivity index is 1.88. The first-order valence-electron chi connectivity index (χ1n) is 7.96. The molecular weight excluding hydrogens is 296 g/mol. The Kier molecular flexibility index (Phi) is 4.43. The lowest BCUT2D eigenvalue weighted by molar-refractivity contribution is 0.0956. The predicted molar refractivity (Wildman–Crippen MR) is 99.5 cm³/mol. The first-order chi connectivity index (χ1) is 11.6. The molecule has 0 aliphatic heterocycles. The van der Waals surface area contributed by atoms with Gasteiger partial charge in [-0.15, -0.1) is 0 Å². The van der Waals surface area contributed by atoms with Crippen molar-refractivity contribution in [3.63, 3.8) is 0 Å². The highest BCUT2D eigenvalue weighted by Crippen LogP contribution is 2.18. The van der Waals surface area contributed by atoms with Gasteiger partial charge in [-0.25, -0.2) is 5.43 Å². The molecule has 3 nitrogen and oxygen atoms in total. The van der Waals surface area contributed by atoms with Crippen LogP contribution in [0.2, 0.25) is 0 Å². The third-order valence-electron chi connectivity index (χ3n) is 4.14. The molecule has 0 aliphatic carbocycles. The van der Waals surface area contributed by atoms with E-state index in [1.165, 1.54) is 5.56 Å². The van der Waals surface area contributed by atoms with Gasteiger partial charge in [0.1, 0.15) is 0 Å². The number of fused-ring (bicyclic) bond motifs is 1. The van der Waals surface area contributed by atoms with E-state index < -0.39 is 0 Å². The Morgan fingerprint density at radius 1 is 0.917 bits per heavy atom. The van der Waals surface area contributed by atoms with Crippen LogP contribution >= 0.6 is 0 Å². The van der Waals surface area contributed by atoms with Crippen LogP contribution < -0.4 is 5.43 Å². The quantitative estimate of drug-likeness (QED) is 0.556. The molecule has 1 N–H and O–H groups in total. The predicted octanol–water partition coefficient (Wildman–Crippen LogP) is 4.61. The van der Waals surface area contributed by atoms with E-state index in [1.54, 1.807) is 0 Å². The van der Waals surface area contributed by atoms with Crippen LogP contribution in [0.4, 0.5) is 0 Å². The summed E-state index contributed by atoms with van der Waals surface area (Å²) in [6.45, 7) is 6.00. The summed E-state index contributed by atoms with van der Waals surface area (Å²) in [4.78, 5) is 12.5. The lowest BCUT2D eigenvalue weighted by atomic mass is 10.0. The summed E-state index contributed by atoms with van der Waals surface area (Å²) in [6, 6.07) is 19.8. The van der Waals surface area contributed by atoms with E-state index >= 15 is 0 Å². The van der Waals surface area contributed by atoms with E-state index in [9.17, 15) is 4.79 Å². The Morgan fingerprint density at radius 3 is 2.50 bits per heavy atom. The van der Waals surface area contributed by atoms with E-state index in [4.69, 9.17) is 0 Å². The fraction of sp³-hybridized carbons (Fsp3) is 0.143. The van der Waals surface area contributed by atoms with E-state index in [-0.39, 0.29) is 5.91 Å². The minimum absolute atomic E-state index is 0.198. The van der Waals surface area contributed by atoms with Crippen molar-refractivity contribution in [2.75, 3.05) is 0 Å². The van der Waals surface area contributed by atoms with Crippen LogP contribution in [0.25, 0.3) is 10.8 Å². The molecule has 0 saturated heterocycles. The highest BCUT2D eigenvalue weighted by molar-refractivity contribution is 6.08. The van der Waals surface area contributed by atoms with Crippen molar-refractivity contribution in [3.8, 4) is 0 Å². The molecule has 0 spiro atoms. The molecule has 24 heavy (non-hydrogen) atoms. The number of hydrogen-bond donors (Lipinski definition) is 1. The topological polar surface area (TPSA) is 41.5 Å². The molecule has 0 unspecified atom stereocenters. The smallest absolute Gasteiger partial charge is 0.267 e. The summed E-state index contributed by atoms with van der Waals surface area (Å²) in [6.07, 6.45) is 0. The number of carbonyl (C=O) groups is 1. The summed E-state index contributed by atoms with van der Waals surface area (Å²) >= 11 is 0. The highest BCUT2D eigenvalue weighted by atomic mass is 16.2. The van der Waals surface area contributed by atoms with E-state index in [0.29, 0.717) is 5.56 Å². The minimum Gasteiger partial charge on any atom is -0.267 e. The molecule has 3 aromatic carbocycles. The Bertz CT molecular complexity index is 936. The number of nitrogens with one attached hydrogen (secondary N) is 1. The summed E-state index contributed by atoms with van der Waals surface area (Å²) in [5, 5.41) is 6.27. The number of benzene rings is 3. The molecule has 3 heteroatoms. The van der Waals surface area contributed by atoms with Crippen LogP contribution in [-0.4, -0.2) is 11.6 Å². The lowest BCUT2D eigenvalue weighted by Crippen LogP contribution is -2.19. The zero-order chi connectivity index (χ0) is 17.1. The first-order valence-corrected chi connectivity index (χ1v) is 7.96. The van der Waals surface area contributed by atoms with Crippen LogP contribution in [0.1, 0.15) is 34.0 Å². The van der Waals surface area contributed by atoms with Crippen molar-refractivity contribution in [2.45, 2.75) is 20.8 Å². The SMILES string of the molecule is C/C(=N/NC(=O)c1cccc2ccccc12)c1cc(C)ccc1C. The molecule has 0 heterocycles. The summed E-state index contributed by atoms with van der Waals surface area (Å²) in [5.41, 5.74) is 7.47. The second-order valence-corrected chi connectivity index (χ2v) is 5.98. The maximum atomic E-state index is 12.5. The minimum atomic E-state index is -0.198. The maximum Gasteiger partial charge on any atom is 0.272 e. The fourth-order valence-electron chi connectivity index (χ4n) is 2.80. The summed E-state index contributed by atoms with van der Waals surface area (Å²) < 4.78 is 0. The van der Waals surface area contributed by atoms with Crippen molar-refractivity contribution >= 4 is 22.4 Å². The molecule has 0 radical (unpaired) electrons. The van der Waals surface area contributed by atoms with Gasteiger partial charge in [0.25, 0.3) is 5.91 Å². The molecule has 1 amide bonds. The normalized spacial score (nSPS) is 11.5. The second kappa shape index (κ2) is 6.67. The average Bonchev–Trinajstić information content (AvgIpc) is 2.61. The number of rotatable bonds is 3. The van der Waals surface area contributed by atoms with Crippen LogP contribution in [0.3, 0.4) is 0 Å². The van der Waals surface area contributed by atoms with Gasteiger partial charge in [-0.3, -0.25) is 4.79 Å². The lowest BCUT2D eigenvalue weighted by Gasteiger charge is -2.08. The number of amides is 1. The zero-order valence-electron chi connectivity index (χ0n) is 14.1.